The van der Waals surface area contributed by atoms with Crippen molar-refractivity contribution < 1.29 is 4.79 Å². The normalized spacial score (nSPS) is 10.2. The molecule has 0 aliphatic heterocycles. The molecule has 0 atom stereocenters. The number of aryl methyl sites for hydroxylation is 1. The van der Waals surface area contributed by atoms with E-state index in [0.717, 1.165) is 5.56 Å². The van der Waals surface area contributed by atoms with Gasteiger partial charge in [0.15, 0.2) is 5.82 Å². The van der Waals surface area contributed by atoms with Crippen LogP contribution in [0.3, 0.4) is 0 Å². The molecule has 6 heteroatoms. The van der Waals surface area contributed by atoms with E-state index in [4.69, 9.17) is 0 Å². The molecule has 0 bridgehead atoms. The summed E-state index contributed by atoms with van der Waals surface area (Å²) in [6.07, 6.45) is 2.97. The number of aromatic nitrogens is 2. The molecule has 0 saturated heterocycles. The number of nitrogens with zero attached hydrogens (tertiary/aromatic N) is 3. The molecule has 1 heterocycles. The summed E-state index contributed by atoms with van der Waals surface area (Å²) < 4.78 is 1.61. The Morgan fingerprint density at radius 2 is 2.17 bits per heavy atom. The third-order valence-corrected chi connectivity index (χ3v) is 1.97. The summed E-state index contributed by atoms with van der Waals surface area (Å²) in [5.41, 5.74) is 0.739. The van der Waals surface area contributed by atoms with Crippen LogP contribution < -0.4 is 10.6 Å². The van der Waals surface area contributed by atoms with Crippen molar-refractivity contribution in [2.45, 2.75) is 13.8 Å². The van der Waals surface area contributed by atoms with E-state index in [1.54, 1.807) is 32.0 Å². The van der Waals surface area contributed by atoms with Crippen LogP contribution >= 0.6 is 0 Å². The highest BCUT2D eigenvalue weighted by Gasteiger charge is 2.13. The average Bonchev–Trinajstić information content (AvgIpc) is 2.74. The summed E-state index contributed by atoms with van der Waals surface area (Å²) in [7, 11) is 5.20. The van der Waals surface area contributed by atoms with Crippen molar-refractivity contribution in [3.8, 4) is 0 Å². The van der Waals surface area contributed by atoms with Crippen molar-refractivity contribution in [3.63, 3.8) is 0 Å². The molecule has 0 fully saturated rings. The second-order valence-electron chi connectivity index (χ2n) is 3.08. The highest BCUT2D eigenvalue weighted by molar-refractivity contribution is 6.07. The maximum Gasteiger partial charge on any atom is 0.248 e. The van der Waals surface area contributed by atoms with Crippen LogP contribution in [0, 0.1) is 0 Å². The van der Waals surface area contributed by atoms with Crippen molar-refractivity contribution in [2.24, 2.45) is 12.0 Å². The minimum Gasteiger partial charge on any atom is -0.373 e. The van der Waals surface area contributed by atoms with Gasteiger partial charge in [0.05, 0.1) is 5.56 Å². The molecule has 0 unspecified atom stereocenters. The highest BCUT2D eigenvalue weighted by atomic mass is 16.1. The van der Waals surface area contributed by atoms with Crippen LogP contribution in [0.4, 0.5) is 5.82 Å². The summed E-state index contributed by atoms with van der Waals surface area (Å²) in [6.45, 7) is 7.39. The van der Waals surface area contributed by atoms with Crippen LogP contribution in [0.2, 0.25) is 0 Å². The molecule has 0 saturated carbocycles. The number of amidine groups is 1. The lowest BCUT2D eigenvalue weighted by atomic mass is 10.3. The zero-order chi connectivity index (χ0) is 14.1. The zero-order valence-electron chi connectivity index (χ0n) is 11.6. The number of carbonyl (C=O) groups excluding carboxylic acids is 1. The van der Waals surface area contributed by atoms with Gasteiger partial charge in [0, 0.05) is 27.3 Å². The van der Waals surface area contributed by atoms with E-state index in [1.807, 2.05) is 13.8 Å². The number of hydrogen-bond acceptors (Lipinski definition) is 3. The van der Waals surface area contributed by atoms with Crippen LogP contribution in [0.15, 0.2) is 23.8 Å². The molecule has 0 aliphatic rings. The molecular weight excluding hydrogens is 230 g/mol. The Balaban J connectivity index is 0.00000137. The standard InChI is InChI=1S/C10H15N5O.C2H6/c1-5-8(16)13-10-7(6-15(4)14-10)9(11-2)12-3;1-2/h5-6H,1H2,2-4H3,(H,11,12)(H,13,14,16);1-2H3. The number of hydrogen-bond donors (Lipinski definition) is 2. The van der Waals surface area contributed by atoms with Gasteiger partial charge < -0.3 is 10.6 Å². The molecule has 2 N–H and O–H groups in total. The molecule has 0 aromatic carbocycles. The second kappa shape index (κ2) is 8.05. The first-order valence-electron chi connectivity index (χ1n) is 5.74. The fourth-order valence-electron chi connectivity index (χ4n) is 1.29. The van der Waals surface area contributed by atoms with E-state index in [1.165, 1.54) is 6.08 Å². The lowest BCUT2D eigenvalue weighted by Crippen LogP contribution is -2.21. The van der Waals surface area contributed by atoms with Gasteiger partial charge in [-0.2, -0.15) is 5.10 Å². The summed E-state index contributed by atoms with van der Waals surface area (Å²) in [5, 5.41) is 9.68. The Morgan fingerprint density at radius 1 is 1.56 bits per heavy atom. The maximum atomic E-state index is 11.2. The van der Waals surface area contributed by atoms with E-state index in [9.17, 15) is 4.79 Å². The van der Waals surface area contributed by atoms with Gasteiger partial charge in [-0.1, -0.05) is 20.4 Å². The lowest BCUT2D eigenvalue weighted by molar-refractivity contribution is -0.111. The molecule has 100 valence electrons. The minimum absolute atomic E-state index is 0.300. The molecule has 1 aromatic rings. The average molecular weight is 251 g/mol. The predicted molar refractivity (Wildman–Crippen MR) is 74.9 cm³/mol. The van der Waals surface area contributed by atoms with Gasteiger partial charge in [-0.3, -0.25) is 14.5 Å². The fourth-order valence-corrected chi connectivity index (χ4v) is 1.29. The maximum absolute atomic E-state index is 11.2. The van der Waals surface area contributed by atoms with Gasteiger partial charge in [-0.25, -0.2) is 0 Å². The third kappa shape index (κ3) is 4.04. The van der Waals surface area contributed by atoms with Crippen molar-refractivity contribution in [1.29, 1.82) is 0 Å². The van der Waals surface area contributed by atoms with Gasteiger partial charge >= 0.3 is 0 Å². The summed E-state index contributed by atoms with van der Waals surface area (Å²) >= 11 is 0. The van der Waals surface area contributed by atoms with Crippen LogP contribution in [-0.2, 0) is 11.8 Å². The summed E-state index contributed by atoms with van der Waals surface area (Å²) in [5.74, 6) is 0.821. The fraction of sp³-hybridized carbons (Fsp3) is 0.417. The Kier molecular flexibility index (Phi) is 7.11. The molecule has 1 amide bonds. The third-order valence-electron chi connectivity index (χ3n) is 1.97. The van der Waals surface area contributed by atoms with Gasteiger partial charge in [0.2, 0.25) is 5.91 Å². The number of amides is 1. The van der Waals surface area contributed by atoms with Crippen molar-refractivity contribution >= 4 is 17.6 Å². The number of rotatable bonds is 3. The second-order valence-corrected chi connectivity index (χ2v) is 3.08. The van der Waals surface area contributed by atoms with Gasteiger partial charge in [-0.05, 0) is 6.08 Å². The van der Waals surface area contributed by atoms with Crippen molar-refractivity contribution in [1.82, 2.24) is 15.1 Å². The Bertz CT molecular complexity index is 434. The SMILES string of the molecule is C=CC(=O)Nc1nn(C)cc1C(=NC)NC.CC. The quantitative estimate of drug-likeness (QED) is 0.481. The van der Waals surface area contributed by atoms with Crippen LogP contribution in [0.5, 0.6) is 0 Å². The Labute approximate surface area is 108 Å². The Morgan fingerprint density at radius 3 is 2.61 bits per heavy atom. The monoisotopic (exact) mass is 251 g/mol. The van der Waals surface area contributed by atoms with E-state index in [0.29, 0.717) is 11.7 Å². The molecule has 18 heavy (non-hydrogen) atoms. The minimum atomic E-state index is -0.300. The van der Waals surface area contributed by atoms with Crippen molar-refractivity contribution in [2.75, 3.05) is 19.4 Å². The van der Waals surface area contributed by atoms with Gasteiger partial charge in [-0.15, -0.1) is 0 Å². The molecule has 0 radical (unpaired) electrons. The van der Waals surface area contributed by atoms with Crippen molar-refractivity contribution in [3.05, 3.63) is 24.4 Å². The van der Waals surface area contributed by atoms with E-state index < -0.39 is 0 Å². The smallest absolute Gasteiger partial charge is 0.248 e. The van der Waals surface area contributed by atoms with Gasteiger partial charge in [0.25, 0.3) is 0 Å². The molecule has 0 aliphatic carbocycles. The predicted octanol–water partition coefficient (Wildman–Crippen LogP) is 1.17. The van der Waals surface area contributed by atoms with Crippen LogP contribution in [0.25, 0.3) is 0 Å². The van der Waals surface area contributed by atoms with E-state index in [-0.39, 0.29) is 5.91 Å². The van der Waals surface area contributed by atoms with E-state index in [2.05, 4.69) is 27.3 Å². The first-order chi connectivity index (χ1) is 8.62. The molecule has 1 rings (SSSR count). The number of anilines is 1. The topological polar surface area (TPSA) is 71.3 Å². The molecule has 6 nitrogen and oxygen atoms in total. The lowest BCUT2D eigenvalue weighted by Gasteiger charge is -2.04. The largest absolute Gasteiger partial charge is 0.373 e. The zero-order valence-corrected chi connectivity index (χ0v) is 11.6. The molecular formula is C12H21N5O. The number of aliphatic imine (C=N–C) groups is 1. The van der Waals surface area contributed by atoms with Crippen LogP contribution in [0.1, 0.15) is 19.4 Å². The number of carbonyl (C=O) groups is 1. The van der Waals surface area contributed by atoms with Crippen LogP contribution in [-0.4, -0.2) is 35.6 Å². The van der Waals surface area contributed by atoms with E-state index >= 15 is 0 Å². The summed E-state index contributed by atoms with van der Waals surface area (Å²) in [4.78, 5) is 15.3. The summed E-state index contributed by atoms with van der Waals surface area (Å²) in [6, 6.07) is 0. The Hall–Kier alpha value is -2.11. The first kappa shape index (κ1) is 15.9. The molecule has 1 aromatic heterocycles. The molecule has 0 spiro atoms. The highest BCUT2D eigenvalue weighted by Crippen LogP contribution is 2.12. The first-order valence-corrected chi connectivity index (χ1v) is 5.74. The number of nitrogens with one attached hydrogen (secondary N) is 2. The van der Waals surface area contributed by atoms with Gasteiger partial charge in [0.1, 0.15) is 5.84 Å².